The molecule has 0 radical (unpaired) electrons. The average molecular weight is 219 g/mol. The van der Waals surface area contributed by atoms with Crippen molar-refractivity contribution in [3.05, 3.63) is 34.3 Å². The van der Waals surface area contributed by atoms with Crippen molar-refractivity contribution in [2.75, 3.05) is 0 Å². The Balaban J connectivity index is 2.72. The van der Waals surface area contributed by atoms with Crippen molar-refractivity contribution in [2.24, 2.45) is 0 Å². The van der Waals surface area contributed by atoms with Crippen LogP contribution in [0.25, 0.3) is 0 Å². The van der Waals surface area contributed by atoms with E-state index in [1.165, 1.54) is 0 Å². The zero-order chi connectivity index (χ0) is 9.84. The maximum absolute atomic E-state index is 10.3. The molecule has 0 saturated heterocycles. The van der Waals surface area contributed by atoms with Gasteiger partial charge in [0.1, 0.15) is 6.61 Å². The Morgan fingerprint density at radius 2 is 2.23 bits per heavy atom. The van der Waals surface area contributed by atoms with E-state index in [-0.39, 0.29) is 6.61 Å². The first-order valence-electron chi connectivity index (χ1n) is 3.67. The van der Waals surface area contributed by atoms with E-state index in [2.05, 4.69) is 4.74 Å². The molecule has 0 bridgehead atoms. The van der Waals surface area contributed by atoms with Crippen LogP contribution in [0.3, 0.4) is 0 Å². The van der Waals surface area contributed by atoms with Crippen LogP contribution in [0.4, 0.5) is 4.79 Å². The van der Waals surface area contributed by atoms with Gasteiger partial charge in [0.25, 0.3) is 0 Å². The van der Waals surface area contributed by atoms with E-state index in [1.807, 2.05) is 13.0 Å². The first-order valence-corrected chi connectivity index (χ1v) is 4.42. The topological polar surface area (TPSA) is 26.3 Å². The number of carbonyl (C=O) groups excluding carboxylic acids is 1. The van der Waals surface area contributed by atoms with Gasteiger partial charge < -0.3 is 4.74 Å². The van der Waals surface area contributed by atoms with Gasteiger partial charge in [-0.15, -0.1) is 0 Å². The van der Waals surface area contributed by atoms with Gasteiger partial charge in [-0.05, 0) is 18.6 Å². The molecule has 70 valence electrons. The molecule has 0 aliphatic carbocycles. The Morgan fingerprint density at radius 3 is 2.77 bits per heavy atom. The highest BCUT2D eigenvalue weighted by Gasteiger charge is 2.02. The molecule has 0 aliphatic rings. The second kappa shape index (κ2) is 4.49. The fourth-order valence-electron chi connectivity index (χ4n) is 0.904. The number of hydrogen-bond donors (Lipinski definition) is 0. The monoisotopic (exact) mass is 218 g/mol. The Morgan fingerprint density at radius 1 is 1.54 bits per heavy atom. The molecule has 0 spiro atoms. The van der Waals surface area contributed by atoms with Crippen molar-refractivity contribution in [1.82, 2.24) is 0 Å². The van der Waals surface area contributed by atoms with Crippen molar-refractivity contribution in [3.63, 3.8) is 0 Å². The summed E-state index contributed by atoms with van der Waals surface area (Å²) in [6.45, 7) is 2.05. The molecule has 0 aromatic heterocycles. The molecule has 0 unspecified atom stereocenters. The van der Waals surface area contributed by atoms with Crippen molar-refractivity contribution in [1.29, 1.82) is 0 Å². The predicted octanol–water partition coefficient (Wildman–Crippen LogP) is 3.52. The van der Waals surface area contributed by atoms with E-state index in [1.54, 1.807) is 12.1 Å². The minimum absolute atomic E-state index is 0.113. The number of ether oxygens (including phenoxy) is 1. The molecule has 1 aromatic rings. The molecule has 0 atom stereocenters. The summed E-state index contributed by atoms with van der Waals surface area (Å²) in [6.07, 6.45) is 0. The Labute approximate surface area is 86.4 Å². The highest BCUT2D eigenvalue weighted by Crippen LogP contribution is 2.18. The molecule has 1 rings (SSSR count). The summed E-state index contributed by atoms with van der Waals surface area (Å²) in [6, 6.07) is 5.50. The summed E-state index contributed by atoms with van der Waals surface area (Å²) in [5.74, 6) is 0. The number of aryl methyl sites for hydroxylation is 1. The molecule has 0 N–H and O–H groups in total. The van der Waals surface area contributed by atoms with Crippen LogP contribution in [0.2, 0.25) is 5.02 Å². The first-order chi connectivity index (χ1) is 6.09. The summed E-state index contributed by atoms with van der Waals surface area (Å²) in [4.78, 5) is 10.3. The maximum Gasteiger partial charge on any atom is 0.404 e. The zero-order valence-corrected chi connectivity index (χ0v) is 8.52. The van der Waals surface area contributed by atoms with Crippen molar-refractivity contribution < 1.29 is 9.53 Å². The third-order valence-corrected chi connectivity index (χ3v) is 2.01. The first kappa shape index (κ1) is 10.4. The van der Waals surface area contributed by atoms with E-state index in [9.17, 15) is 4.79 Å². The van der Waals surface area contributed by atoms with Gasteiger partial charge in [-0.3, -0.25) is 0 Å². The smallest absolute Gasteiger partial charge is 0.404 e. The number of carbonyl (C=O) groups is 1. The largest absolute Gasteiger partial charge is 0.449 e. The second-order valence-corrected chi connectivity index (χ2v) is 3.34. The fraction of sp³-hybridized carbons (Fsp3) is 0.222. The van der Waals surface area contributed by atoms with E-state index in [0.717, 1.165) is 11.1 Å². The minimum Gasteiger partial charge on any atom is -0.449 e. The number of benzene rings is 1. The van der Waals surface area contributed by atoms with Crippen LogP contribution < -0.4 is 0 Å². The van der Waals surface area contributed by atoms with Crippen LogP contribution in [0.5, 0.6) is 0 Å². The lowest BCUT2D eigenvalue weighted by Gasteiger charge is -2.04. The lowest BCUT2D eigenvalue weighted by atomic mass is 10.2. The van der Waals surface area contributed by atoms with Gasteiger partial charge in [0.05, 0.1) is 0 Å². The van der Waals surface area contributed by atoms with Crippen LogP contribution in [0.15, 0.2) is 18.2 Å². The third-order valence-electron chi connectivity index (χ3n) is 1.55. The van der Waals surface area contributed by atoms with E-state index in [4.69, 9.17) is 23.2 Å². The molecule has 0 saturated carbocycles. The van der Waals surface area contributed by atoms with Crippen molar-refractivity contribution >= 4 is 28.6 Å². The van der Waals surface area contributed by atoms with Crippen LogP contribution >= 0.6 is 23.2 Å². The zero-order valence-electron chi connectivity index (χ0n) is 7.01. The quantitative estimate of drug-likeness (QED) is 0.711. The lowest BCUT2D eigenvalue weighted by Crippen LogP contribution is -1.95. The van der Waals surface area contributed by atoms with Gasteiger partial charge in [0, 0.05) is 22.2 Å². The summed E-state index contributed by atoms with van der Waals surface area (Å²) in [5.41, 5.74) is 0.990. The van der Waals surface area contributed by atoms with Crippen LogP contribution in [0, 0.1) is 6.92 Å². The lowest BCUT2D eigenvalue weighted by molar-refractivity contribution is 0.167. The summed E-state index contributed by atoms with van der Waals surface area (Å²) in [7, 11) is 0. The van der Waals surface area contributed by atoms with Crippen LogP contribution in [-0.2, 0) is 11.3 Å². The Hall–Kier alpha value is -0.730. The fourth-order valence-corrected chi connectivity index (χ4v) is 1.25. The highest BCUT2D eigenvalue weighted by molar-refractivity contribution is 6.61. The van der Waals surface area contributed by atoms with Gasteiger partial charge in [0.2, 0.25) is 0 Å². The molecule has 4 heteroatoms. The normalized spacial score (nSPS) is 9.77. The molecule has 0 aliphatic heterocycles. The second-order valence-electron chi connectivity index (χ2n) is 2.62. The summed E-state index contributed by atoms with van der Waals surface area (Å²) >= 11 is 10.9. The van der Waals surface area contributed by atoms with Gasteiger partial charge in [-0.1, -0.05) is 23.7 Å². The Kier molecular flexibility index (Phi) is 3.58. The molecular formula is C9H8Cl2O2. The molecule has 0 amide bonds. The van der Waals surface area contributed by atoms with Gasteiger partial charge >= 0.3 is 5.43 Å². The average Bonchev–Trinajstić information content (AvgIpc) is 2.02. The van der Waals surface area contributed by atoms with E-state index < -0.39 is 5.43 Å². The molecule has 2 nitrogen and oxygen atoms in total. The SMILES string of the molecule is Cc1ccc(COC(=O)Cl)c(Cl)c1. The molecule has 0 fully saturated rings. The van der Waals surface area contributed by atoms with Crippen LogP contribution in [0.1, 0.15) is 11.1 Å². The molecular weight excluding hydrogens is 211 g/mol. The van der Waals surface area contributed by atoms with Crippen molar-refractivity contribution in [2.45, 2.75) is 13.5 Å². The van der Waals surface area contributed by atoms with Gasteiger partial charge in [-0.2, -0.15) is 0 Å². The summed E-state index contributed by atoms with van der Waals surface area (Å²) < 4.78 is 4.59. The van der Waals surface area contributed by atoms with Crippen molar-refractivity contribution in [3.8, 4) is 0 Å². The molecule has 0 heterocycles. The minimum atomic E-state index is -0.823. The highest BCUT2D eigenvalue weighted by atomic mass is 35.5. The van der Waals surface area contributed by atoms with Gasteiger partial charge in [0.15, 0.2) is 0 Å². The Bertz CT molecular complexity index is 323. The molecule has 1 aromatic carbocycles. The number of hydrogen-bond acceptors (Lipinski definition) is 2. The standard InChI is InChI=1S/C9H8Cl2O2/c1-6-2-3-7(8(10)4-6)5-13-9(11)12/h2-4H,5H2,1H3. The third kappa shape index (κ3) is 3.25. The van der Waals surface area contributed by atoms with Gasteiger partial charge in [-0.25, -0.2) is 4.79 Å². The summed E-state index contributed by atoms with van der Waals surface area (Å²) in [5, 5.41) is 0.581. The van der Waals surface area contributed by atoms with E-state index in [0.29, 0.717) is 5.02 Å². The predicted molar refractivity (Wildman–Crippen MR) is 52.2 cm³/mol. The number of rotatable bonds is 2. The number of halogens is 2. The van der Waals surface area contributed by atoms with E-state index >= 15 is 0 Å². The molecule has 13 heavy (non-hydrogen) atoms. The maximum atomic E-state index is 10.3. The van der Waals surface area contributed by atoms with Crippen LogP contribution in [-0.4, -0.2) is 5.43 Å².